The molecule has 1 heterocycles. The van der Waals surface area contributed by atoms with Gasteiger partial charge in [-0.3, -0.25) is 0 Å². The summed E-state index contributed by atoms with van der Waals surface area (Å²) in [5.41, 5.74) is 2.66. The molecule has 1 fully saturated rings. The van der Waals surface area contributed by atoms with Gasteiger partial charge in [-0.2, -0.15) is 0 Å². The Bertz CT molecular complexity index is 301. The molecular formula is C14H21NO. The highest BCUT2D eigenvalue weighted by molar-refractivity contribution is 5.21. The van der Waals surface area contributed by atoms with Crippen molar-refractivity contribution in [2.75, 3.05) is 13.2 Å². The van der Waals surface area contributed by atoms with E-state index >= 15 is 0 Å². The molecule has 0 aliphatic carbocycles. The van der Waals surface area contributed by atoms with Crippen molar-refractivity contribution in [3.8, 4) is 0 Å². The molecule has 1 aromatic rings. The van der Waals surface area contributed by atoms with Gasteiger partial charge >= 0.3 is 0 Å². The lowest BCUT2D eigenvalue weighted by molar-refractivity contribution is 0.103. The zero-order chi connectivity index (χ0) is 11.2. The van der Waals surface area contributed by atoms with Gasteiger partial charge in [0, 0.05) is 6.04 Å². The van der Waals surface area contributed by atoms with Gasteiger partial charge in [0.15, 0.2) is 0 Å². The standard InChI is InChI=1S/C14H21NO/c1-2-12-5-7-13(8-6-12)10-16-11-14-4-3-9-15-14/h5-8,14-15H,2-4,9-11H2,1H3. The molecule has 1 atom stereocenters. The summed E-state index contributed by atoms with van der Waals surface area (Å²) in [6, 6.07) is 9.29. The van der Waals surface area contributed by atoms with E-state index in [1.165, 1.54) is 24.0 Å². The van der Waals surface area contributed by atoms with Crippen molar-refractivity contribution in [1.29, 1.82) is 0 Å². The second kappa shape index (κ2) is 6.02. The first kappa shape index (κ1) is 11.6. The topological polar surface area (TPSA) is 21.3 Å². The molecule has 2 heteroatoms. The van der Waals surface area contributed by atoms with E-state index in [-0.39, 0.29) is 0 Å². The van der Waals surface area contributed by atoms with Crippen LogP contribution in [0.4, 0.5) is 0 Å². The first-order chi connectivity index (χ1) is 7.88. The Balaban J connectivity index is 1.71. The average Bonchev–Trinajstić information content (AvgIpc) is 2.83. The molecule has 2 nitrogen and oxygen atoms in total. The zero-order valence-corrected chi connectivity index (χ0v) is 10.0. The Morgan fingerprint density at radius 3 is 2.62 bits per heavy atom. The van der Waals surface area contributed by atoms with Gasteiger partial charge in [-0.1, -0.05) is 31.2 Å². The first-order valence-electron chi connectivity index (χ1n) is 6.27. The molecule has 0 radical (unpaired) electrons. The normalized spacial score (nSPS) is 20.2. The predicted octanol–water partition coefficient (Wildman–Crippen LogP) is 2.52. The highest BCUT2D eigenvalue weighted by Gasteiger charge is 2.13. The van der Waals surface area contributed by atoms with Gasteiger partial charge in [-0.15, -0.1) is 0 Å². The molecule has 1 N–H and O–H groups in total. The first-order valence-corrected chi connectivity index (χ1v) is 6.27. The fraction of sp³-hybridized carbons (Fsp3) is 0.571. The Morgan fingerprint density at radius 2 is 2.00 bits per heavy atom. The van der Waals surface area contributed by atoms with Crippen LogP contribution in [0.1, 0.15) is 30.9 Å². The van der Waals surface area contributed by atoms with Crippen LogP contribution in [0.25, 0.3) is 0 Å². The van der Waals surface area contributed by atoms with Crippen molar-refractivity contribution in [2.24, 2.45) is 0 Å². The van der Waals surface area contributed by atoms with E-state index in [2.05, 4.69) is 36.5 Å². The van der Waals surface area contributed by atoms with Gasteiger partial charge in [0.05, 0.1) is 13.2 Å². The predicted molar refractivity (Wildman–Crippen MR) is 66.5 cm³/mol. The van der Waals surface area contributed by atoms with E-state index in [1.54, 1.807) is 0 Å². The minimum absolute atomic E-state index is 0.579. The maximum Gasteiger partial charge on any atom is 0.0717 e. The number of aryl methyl sites for hydroxylation is 1. The highest BCUT2D eigenvalue weighted by Crippen LogP contribution is 2.09. The lowest BCUT2D eigenvalue weighted by atomic mass is 10.1. The number of benzene rings is 1. The van der Waals surface area contributed by atoms with Crippen molar-refractivity contribution in [2.45, 2.75) is 38.8 Å². The Kier molecular flexibility index (Phi) is 4.37. The number of hydrogen-bond acceptors (Lipinski definition) is 2. The molecular weight excluding hydrogens is 198 g/mol. The summed E-state index contributed by atoms with van der Waals surface area (Å²) in [5.74, 6) is 0. The molecule has 1 unspecified atom stereocenters. The minimum Gasteiger partial charge on any atom is -0.375 e. The van der Waals surface area contributed by atoms with E-state index < -0.39 is 0 Å². The molecule has 1 aliphatic rings. The van der Waals surface area contributed by atoms with Crippen molar-refractivity contribution >= 4 is 0 Å². The molecule has 0 aromatic heterocycles. The summed E-state index contributed by atoms with van der Waals surface area (Å²) in [6.45, 7) is 4.91. The van der Waals surface area contributed by atoms with Crippen LogP contribution in [0.15, 0.2) is 24.3 Å². The van der Waals surface area contributed by atoms with Gasteiger partial charge in [0.25, 0.3) is 0 Å². The molecule has 88 valence electrons. The van der Waals surface area contributed by atoms with Crippen LogP contribution in [-0.2, 0) is 17.8 Å². The summed E-state index contributed by atoms with van der Waals surface area (Å²) in [4.78, 5) is 0. The smallest absolute Gasteiger partial charge is 0.0717 e. The van der Waals surface area contributed by atoms with Crippen molar-refractivity contribution in [3.63, 3.8) is 0 Å². The molecule has 0 saturated carbocycles. The summed E-state index contributed by atoms with van der Waals surface area (Å²) in [7, 11) is 0. The van der Waals surface area contributed by atoms with Crippen LogP contribution in [0.2, 0.25) is 0 Å². The quantitative estimate of drug-likeness (QED) is 0.821. The number of nitrogens with one attached hydrogen (secondary N) is 1. The second-order valence-corrected chi connectivity index (χ2v) is 4.48. The van der Waals surface area contributed by atoms with Gasteiger partial charge in [-0.05, 0) is 36.9 Å². The fourth-order valence-electron chi connectivity index (χ4n) is 2.09. The van der Waals surface area contributed by atoms with Crippen LogP contribution in [-0.4, -0.2) is 19.2 Å². The van der Waals surface area contributed by atoms with E-state index in [4.69, 9.17) is 4.74 Å². The third-order valence-corrected chi connectivity index (χ3v) is 3.18. The molecule has 1 aliphatic heterocycles. The molecule has 0 bridgehead atoms. The third-order valence-electron chi connectivity index (χ3n) is 3.18. The molecule has 0 spiro atoms. The van der Waals surface area contributed by atoms with Gasteiger partial charge in [0.2, 0.25) is 0 Å². The zero-order valence-electron chi connectivity index (χ0n) is 10.0. The monoisotopic (exact) mass is 219 g/mol. The van der Waals surface area contributed by atoms with Crippen LogP contribution < -0.4 is 5.32 Å². The highest BCUT2D eigenvalue weighted by atomic mass is 16.5. The molecule has 0 amide bonds. The Hall–Kier alpha value is -0.860. The maximum atomic E-state index is 5.71. The lowest BCUT2D eigenvalue weighted by Gasteiger charge is -2.10. The van der Waals surface area contributed by atoms with Gasteiger partial charge in [0.1, 0.15) is 0 Å². The van der Waals surface area contributed by atoms with Gasteiger partial charge in [-0.25, -0.2) is 0 Å². The SMILES string of the molecule is CCc1ccc(COCC2CCCN2)cc1. The van der Waals surface area contributed by atoms with Crippen LogP contribution in [0.5, 0.6) is 0 Å². The number of rotatable bonds is 5. The maximum absolute atomic E-state index is 5.71. The summed E-state index contributed by atoms with van der Waals surface area (Å²) in [6.07, 6.45) is 3.65. The Labute approximate surface area is 98.0 Å². The van der Waals surface area contributed by atoms with E-state index in [9.17, 15) is 0 Å². The molecule has 16 heavy (non-hydrogen) atoms. The number of hydrogen-bond donors (Lipinski definition) is 1. The summed E-state index contributed by atoms with van der Waals surface area (Å²) >= 11 is 0. The average molecular weight is 219 g/mol. The molecule has 2 rings (SSSR count). The molecule has 1 aromatic carbocycles. The minimum atomic E-state index is 0.579. The number of ether oxygens (including phenoxy) is 1. The van der Waals surface area contributed by atoms with Crippen LogP contribution >= 0.6 is 0 Å². The Morgan fingerprint density at radius 1 is 1.25 bits per heavy atom. The fourth-order valence-corrected chi connectivity index (χ4v) is 2.09. The van der Waals surface area contributed by atoms with Crippen molar-refractivity contribution < 1.29 is 4.74 Å². The van der Waals surface area contributed by atoms with E-state index in [0.29, 0.717) is 6.04 Å². The lowest BCUT2D eigenvalue weighted by Crippen LogP contribution is -2.26. The van der Waals surface area contributed by atoms with Crippen molar-refractivity contribution in [3.05, 3.63) is 35.4 Å². The van der Waals surface area contributed by atoms with E-state index in [1.807, 2.05) is 0 Å². The second-order valence-electron chi connectivity index (χ2n) is 4.48. The summed E-state index contributed by atoms with van der Waals surface area (Å²) in [5, 5.41) is 3.44. The van der Waals surface area contributed by atoms with Crippen LogP contribution in [0, 0.1) is 0 Å². The summed E-state index contributed by atoms with van der Waals surface area (Å²) < 4.78 is 5.71. The largest absolute Gasteiger partial charge is 0.375 e. The van der Waals surface area contributed by atoms with E-state index in [0.717, 1.165) is 26.2 Å². The third kappa shape index (κ3) is 3.32. The van der Waals surface area contributed by atoms with Crippen molar-refractivity contribution in [1.82, 2.24) is 5.32 Å². The van der Waals surface area contributed by atoms with Crippen LogP contribution in [0.3, 0.4) is 0 Å². The molecule has 1 saturated heterocycles. The van der Waals surface area contributed by atoms with Gasteiger partial charge < -0.3 is 10.1 Å².